The third-order valence-electron chi connectivity index (χ3n) is 2.21. The molecule has 2 heteroatoms. The van der Waals surface area contributed by atoms with Crippen molar-refractivity contribution >= 4 is 0 Å². The van der Waals surface area contributed by atoms with Crippen LogP contribution in [-0.4, -0.2) is 9.78 Å². The van der Waals surface area contributed by atoms with E-state index < -0.39 is 0 Å². The maximum absolute atomic E-state index is 4.23. The molecule has 0 unspecified atom stereocenters. The van der Waals surface area contributed by atoms with Crippen molar-refractivity contribution in [2.45, 2.75) is 39.2 Å². The summed E-state index contributed by atoms with van der Waals surface area (Å²) in [7, 11) is 0. The lowest BCUT2D eigenvalue weighted by atomic mass is 10.2. The Morgan fingerprint density at radius 1 is 1.46 bits per heavy atom. The number of hydrogen-bond donors (Lipinski definition) is 0. The van der Waals surface area contributed by atoms with Gasteiger partial charge in [0.15, 0.2) is 0 Å². The van der Waals surface area contributed by atoms with Crippen LogP contribution in [0.1, 0.15) is 31.4 Å². The van der Waals surface area contributed by atoms with E-state index in [1.54, 1.807) is 0 Å². The Morgan fingerprint density at radius 2 is 2.31 bits per heavy atom. The van der Waals surface area contributed by atoms with E-state index in [0.29, 0.717) is 0 Å². The van der Waals surface area contributed by atoms with Crippen LogP contribution < -0.4 is 0 Å². The van der Waals surface area contributed by atoms with Crippen molar-refractivity contribution in [3.05, 3.63) is 30.6 Å². The van der Waals surface area contributed by atoms with Gasteiger partial charge in [0.05, 0.1) is 0 Å². The molecular weight excluding hydrogens is 160 g/mol. The molecule has 0 aromatic carbocycles. The van der Waals surface area contributed by atoms with Crippen molar-refractivity contribution in [1.29, 1.82) is 0 Å². The summed E-state index contributed by atoms with van der Waals surface area (Å²) in [5.74, 6) is 0. The second kappa shape index (κ2) is 5.57. The molecule has 0 radical (unpaired) electrons. The number of allylic oxidation sites excluding steroid dienone is 1. The highest BCUT2D eigenvalue weighted by Gasteiger charge is 1.95. The third-order valence-corrected chi connectivity index (χ3v) is 2.21. The van der Waals surface area contributed by atoms with Crippen LogP contribution in [-0.2, 0) is 6.54 Å². The molecule has 13 heavy (non-hydrogen) atoms. The molecular formula is C11H18N2. The SMILES string of the molecule is C=CCCCCCn1nccc1C. The minimum atomic E-state index is 1.05. The molecule has 0 bridgehead atoms. The average molecular weight is 178 g/mol. The van der Waals surface area contributed by atoms with E-state index in [4.69, 9.17) is 0 Å². The molecule has 0 saturated carbocycles. The van der Waals surface area contributed by atoms with Gasteiger partial charge in [-0.1, -0.05) is 12.5 Å². The fourth-order valence-electron chi connectivity index (χ4n) is 1.36. The quantitative estimate of drug-likeness (QED) is 0.483. The lowest BCUT2D eigenvalue weighted by molar-refractivity contribution is 0.536. The van der Waals surface area contributed by atoms with Gasteiger partial charge in [-0.3, -0.25) is 4.68 Å². The molecule has 1 heterocycles. The number of aryl methyl sites for hydroxylation is 2. The van der Waals surface area contributed by atoms with E-state index in [2.05, 4.69) is 23.3 Å². The van der Waals surface area contributed by atoms with Gasteiger partial charge in [0.1, 0.15) is 0 Å². The van der Waals surface area contributed by atoms with E-state index in [9.17, 15) is 0 Å². The molecule has 72 valence electrons. The first-order valence-electron chi connectivity index (χ1n) is 4.94. The van der Waals surface area contributed by atoms with Gasteiger partial charge >= 0.3 is 0 Å². The highest BCUT2D eigenvalue weighted by Crippen LogP contribution is 2.03. The molecule has 1 aromatic rings. The van der Waals surface area contributed by atoms with Crippen molar-refractivity contribution in [2.24, 2.45) is 0 Å². The van der Waals surface area contributed by atoms with Gasteiger partial charge in [-0.15, -0.1) is 6.58 Å². The Hall–Kier alpha value is -1.05. The van der Waals surface area contributed by atoms with Gasteiger partial charge in [-0.05, 0) is 32.3 Å². The number of hydrogen-bond acceptors (Lipinski definition) is 1. The second-order valence-electron chi connectivity index (χ2n) is 3.33. The molecule has 0 atom stereocenters. The second-order valence-corrected chi connectivity index (χ2v) is 3.33. The maximum Gasteiger partial charge on any atom is 0.0492 e. The highest BCUT2D eigenvalue weighted by atomic mass is 15.3. The van der Waals surface area contributed by atoms with Crippen molar-refractivity contribution in [1.82, 2.24) is 9.78 Å². The van der Waals surface area contributed by atoms with Crippen LogP contribution in [0.15, 0.2) is 24.9 Å². The molecule has 0 aliphatic rings. The number of nitrogens with zero attached hydrogens (tertiary/aromatic N) is 2. The summed E-state index contributed by atoms with van der Waals surface area (Å²) in [4.78, 5) is 0. The lowest BCUT2D eigenvalue weighted by Crippen LogP contribution is -2.01. The molecule has 0 aliphatic heterocycles. The molecule has 0 fully saturated rings. The van der Waals surface area contributed by atoms with Crippen LogP contribution in [0.2, 0.25) is 0 Å². The first-order chi connectivity index (χ1) is 6.34. The van der Waals surface area contributed by atoms with E-state index >= 15 is 0 Å². The van der Waals surface area contributed by atoms with E-state index in [-0.39, 0.29) is 0 Å². The van der Waals surface area contributed by atoms with Crippen molar-refractivity contribution in [2.75, 3.05) is 0 Å². The Kier molecular flexibility index (Phi) is 4.30. The molecule has 2 nitrogen and oxygen atoms in total. The predicted molar refractivity (Wildman–Crippen MR) is 55.6 cm³/mol. The summed E-state index contributed by atoms with van der Waals surface area (Å²) in [5, 5.41) is 4.23. The number of aromatic nitrogens is 2. The van der Waals surface area contributed by atoms with E-state index in [1.165, 1.54) is 25.0 Å². The zero-order valence-corrected chi connectivity index (χ0v) is 8.37. The monoisotopic (exact) mass is 178 g/mol. The summed E-state index contributed by atoms with van der Waals surface area (Å²) in [5.41, 5.74) is 1.25. The molecule has 0 saturated heterocycles. The van der Waals surface area contributed by atoms with Gasteiger partial charge in [-0.2, -0.15) is 5.10 Å². The zero-order valence-electron chi connectivity index (χ0n) is 8.37. The number of unbranched alkanes of at least 4 members (excludes halogenated alkanes) is 3. The van der Waals surface area contributed by atoms with Gasteiger partial charge in [0, 0.05) is 18.4 Å². The maximum atomic E-state index is 4.23. The first-order valence-corrected chi connectivity index (χ1v) is 4.94. The summed E-state index contributed by atoms with van der Waals surface area (Å²) in [6.45, 7) is 6.85. The zero-order chi connectivity index (χ0) is 9.52. The van der Waals surface area contributed by atoms with Gasteiger partial charge in [-0.25, -0.2) is 0 Å². The van der Waals surface area contributed by atoms with Gasteiger partial charge < -0.3 is 0 Å². The molecule has 0 amide bonds. The van der Waals surface area contributed by atoms with Crippen molar-refractivity contribution < 1.29 is 0 Å². The lowest BCUT2D eigenvalue weighted by Gasteiger charge is -2.03. The fourth-order valence-corrected chi connectivity index (χ4v) is 1.36. The summed E-state index contributed by atoms with van der Waals surface area (Å²) >= 11 is 0. The Bertz CT molecular complexity index is 250. The van der Waals surface area contributed by atoms with Gasteiger partial charge in [0.2, 0.25) is 0 Å². The summed E-state index contributed by atoms with van der Waals surface area (Å²) in [6.07, 6.45) is 8.72. The average Bonchev–Trinajstić information content (AvgIpc) is 2.52. The van der Waals surface area contributed by atoms with Crippen LogP contribution in [0.5, 0.6) is 0 Å². The molecule has 0 spiro atoms. The Balaban J connectivity index is 2.13. The van der Waals surface area contributed by atoms with E-state index in [1.807, 2.05) is 18.3 Å². The van der Waals surface area contributed by atoms with Crippen molar-refractivity contribution in [3.63, 3.8) is 0 Å². The fraction of sp³-hybridized carbons (Fsp3) is 0.545. The summed E-state index contributed by atoms with van der Waals surface area (Å²) < 4.78 is 2.06. The minimum Gasteiger partial charge on any atom is -0.270 e. The normalized spacial score (nSPS) is 10.2. The van der Waals surface area contributed by atoms with Crippen LogP contribution in [0.25, 0.3) is 0 Å². The van der Waals surface area contributed by atoms with Crippen LogP contribution in [0.3, 0.4) is 0 Å². The van der Waals surface area contributed by atoms with Crippen LogP contribution in [0, 0.1) is 6.92 Å². The highest BCUT2D eigenvalue weighted by molar-refractivity contribution is 4.96. The predicted octanol–water partition coefficient (Wildman–Crippen LogP) is 2.94. The van der Waals surface area contributed by atoms with Crippen LogP contribution >= 0.6 is 0 Å². The largest absolute Gasteiger partial charge is 0.270 e. The molecule has 1 aromatic heterocycles. The topological polar surface area (TPSA) is 17.8 Å². The molecule has 0 aliphatic carbocycles. The summed E-state index contributed by atoms with van der Waals surface area (Å²) in [6, 6.07) is 2.05. The number of rotatable bonds is 6. The molecule has 1 rings (SSSR count). The van der Waals surface area contributed by atoms with Crippen LogP contribution in [0.4, 0.5) is 0 Å². The smallest absolute Gasteiger partial charge is 0.0492 e. The third kappa shape index (κ3) is 3.45. The van der Waals surface area contributed by atoms with Gasteiger partial charge in [0.25, 0.3) is 0 Å². The molecule has 0 N–H and O–H groups in total. The first kappa shape index (κ1) is 10.0. The van der Waals surface area contributed by atoms with Crippen molar-refractivity contribution in [3.8, 4) is 0 Å². The minimum absolute atomic E-state index is 1.05. The Morgan fingerprint density at radius 3 is 2.92 bits per heavy atom. The Labute approximate surface area is 80.3 Å². The standard InChI is InChI=1S/C11H18N2/c1-3-4-5-6-7-10-13-11(2)8-9-12-13/h3,8-9H,1,4-7,10H2,2H3. The van der Waals surface area contributed by atoms with E-state index in [0.717, 1.165) is 13.0 Å².